The van der Waals surface area contributed by atoms with E-state index in [1.54, 1.807) is 18.2 Å². The SMILES string of the molecule is COc1cc(C(C)=O)ccc1OCC(=O)Nc1cc(F)ccc1NC(=O)c1ccccn1. The number of benzene rings is 2. The van der Waals surface area contributed by atoms with E-state index in [9.17, 15) is 18.8 Å². The predicted molar refractivity (Wildman–Crippen MR) is 116 cm³/mol. The zero-order valence-corrected chi connectivity index (χ0v) is 17.3. The number of halogens is 1. The Bertz CT molecular complexity index is 1150. The maximum atomic E-state index is 13.8. The summed E-state index contributed by atoms with van der Waals surface area (Å²) in [7, 11) is 1.41. The van der Waals surface area contributed by atoms with Gasteiger partial charge >= 0.3 is 0 Å². The zero-order valence-electron chi connectivity index (χ0n) is 17.3. The molecule has 0 radical (unpaired) electrons. The first-order valence-corrected chi connectivity index (χ1v) is 9.51. The minimum atomic E-state index is -0.599. The van der Waals surface area contributed by atoms with Crippen LogP contribution in [-0.4, -0.2) is 36.3 Å². The van der Waals surface area contributed by atoms with Gasteiger partial charge in [-0.1, -0.05) is 6.07 Å². The van der Waals surface area contributed by atoms with Gasteiger partial charge in [0.25, 0.3) is 11.8 Å². The van der Waals surface area contributed by atoms with Crippen molar-refractivity contribution < 1.29 is 28.2 Å². The molecule has 2 amide bonds. The first-order chi connectivity index (χ1) is 15.4. The van der Waals surface area contributed by atoms with Crippen LogP contribution in [0.4, 0.5) is 15.8 Å². The third-order valence-corrected chi connectivity index (χ3v) is 4.33. The number of ether oxygens (including phenoxy) is 2. The Labute approximate surface area is 183 Å². The van der Waals surface area contributed by atoms with Gasteiger partial charge in [-0.15, -0.1) is 0 Å². The van der Waals surface area contributed by atoms with Gasteiger partial charge < -0.3 is 20.1 Å². The zero-order chi connectivity index (χ0) is 23.1. The van der Waals surface area contributed by atoms with Crippen molar-refractivity contribution >= 4 is 29.0 Å². The van der Waals surface area contributed by atoms with Crippen molar-refractivity contribution in [2.45, 2.75) is 6.92 Å². The maximum Gasteiger partial charge on any atom is 0.274 e. The van der Waals surface area contributed by atoms with Gasteiger partial charge in [-0.3, -0.25) is 19.4 Å². The Morgan fingerprint density at radius 1 is 0.969 bits per heavy atom. The molecule has 0 aliphatic carbocycles. The lowest BCUT2D eigenvalue weighted by molar-refractivity contribution is -0.118. The van der Waals surface area contributed by atoms with Gasteiger partial charge in [0.15, 0.2) is 23.9 Å². The topological polar surface area (TPSA) is 107 Å². The van der Waals surface area contributed by atoms with Crippen LogP contribution in [0.3, 0.4) is 0 Å². The summed E-state index contributed by atoms with van der Waals surface area (Å²) in [6.45, 7) is 1.01. The molecule has 8 nitrogen and oxygen atoms in total. The van der Waals surface area contributed by atoms with Gasteiger partial charge in [-0.2, -0.15) is 0 Å². The molecule has 0 saturated heterocycles. The first-order valence-electron chi connectivity index (χ1n) is 9.51. The van der Waals surface area contributed by atoms with Gasteiger partial charge in [0, 0.05) is 11.8 Å². The molecule has 0 aliphatic rings. The highest BCUT2D eigenvalue weighted by molar-refractivity contribution is 6.06. The fourth-order valence-electron chi connectivity index (χ4n) is 2.75. The summed E-state index contributed by atoms with van der Waals surface area (Å²) in [5.74, 6) is -1.30. The molecule has 3 aromatic rings. The Hall–Kier alpha value is -4.27. The summed E-state index contributed by atoms with van der Waals surface area (Å²) in [6.07, 6.45) is 1.47. The van der Waals surface area contributed by atoms with Crippen LogP contribution < -0.4 is 20.1 Å². The van der Waals surface area contributed by atoms with Crippen LogP contribution in [0.5, 0.6) is 11.5 Å². The quantitative estimate of drug-likeness (QED) is 0.521. The molecule has 0 unspecified atom stereocenters. The van der Waals surface area contributed by atoms with Crippen molar-refractivity contribution in [2.75, 3.05) is 24.4 Å². The number of hydrogen-bond donors (Lipinski definition) is 2. The van der Waals surface area contributed by atoms with Gasteiger partial charge in [0.2, 0.25) is 0 Å². The third-order valence-electron chi connectivity index (χ3n) is 4.33. The minimum absolute atomic E-state index is 0.0572. The predicted octanol–water partition coefficient (Wildman–Crippen LogP) is 3.70. The number of carbonyl (C=O) groups is 3. The number of ketones is 1. The summed E-state index contributed by atoms with van der Waals surface area (Å²) in [4.78, 5) is 40.2. The summed E-state index contributed by atoms with van der Waals surface area (Å²) in [6, 6.07) is 13.0. The van der Waals surface area contributed by atoms with Crippen LogP contribution in [0.25, 0.3) is 0 Å². The van der Waals surface area contributed by atoms with E-state index in [0.717, 1.165) is 12.1 Å². The van der Waals surface area contributed by atoms with Crippen LogP contribution in [-0.2, 0) is 4.79 Å². The van der Waals surface area contributed by atoms with E-state index in [-0.39, 0.29) is 28.6 Å². The number of carbonyl (C=O) groups excluding carboxylic acids is 3. The normalized spacial score (nSPS) is 10.2. The van der Waals surface area contributed by atoms with Crippen LogP contribution in [0, 0.1) is 5.82 Å². The molecule has 0 spiro atoms. The molecule has 2 N–H and O–H groups in total. The van der Waals surface area contributed by atoms with E-state index in [2.05, 4.69) is 15.6 Å². The Balaban J connectivity index is 1.69. The van der Waals surface area contributed by atoms with Crippen molar-refractivity contribution in [3.05, 3.63) is 77.9 Å². The monoisotopic (exact) mass is 437 g/mol. The Morgan fingerprint density at radius 2 is 1.78 bits per heavy atom. The highest BCUT2D eigenvalue weighted by Gasteiger charge is 2.15. The van der Waals surface area contributed by atoms with E-state index in [0.29, 0.717) is 11.3 Å². The number of amides is 2. The fraction of sp³-hybridized carbons (Fsp3) is 0.130. The number of Topliss-reactive ketones (excluding diaryl/α,β-unsaturated/α-hetero) is 1. The molecule has 0 bridgehead atoms. The van der Waals surface area contributed by atoms with Crippen LogP contribution in [0.15, 0.2) is 60.8 Å². The molecule has 2 aromatic carbocycles. The molecule has 0 fully saturated rings. The minimum Gasteiger partial charge on any atom is -0.493 e. The van der Waals surface area contributed by atoms with E-state index in [1.807, 2.05) is 0 Å². The van der Waals surface area contributed by atoms with Crippen molar-refractivity contribution in [3.63, 3.8) is 0 Å². The molecule has 0 atom stereocenters. The average Bonchev–Trinajstić information content (AvgIpc) is 2.79. The third kappa shape index (κ3) is 5.66. The number of nitrogens with zero attached hydrogens (tertiary/aromatic N) is 1. The van der Waals surface area contributed by atoms with Crippen molar-refractivity contribution in [1.29, 1.82) is 0 Å². The highest BCUT2D eigenvalue weighted by atomic mass is 19.1. The van der Waals surface area contributed by atoms with Crippen LogP contribution >= 0.6 is 0 Å². The lowest BCUT2D eigenvalue weighted by atomic mass is 10.1. The highest BCUT2D eigenvalue weighted by Crippen LogP contribution is 2.28. The maximum absolute atomic E-state index is 13.8. The summed E-state index contributed by atoms with van der Waals surface area (Å²) in [5, 5.41) is 5.10. The molecular formula is C23H20FN3O5. The average molecular weight is 437 g/mol. The molecule has 0 aliphatic heterocycles. The summed E-state index contributed by atoms with van der Waals surface area (Å²) in [5.41, 5.74) is 0.853. The molecule has 1 heterocycles. The second kappa shape index (κ2) is 10.2. The molecule has 9 heteroatoms. The molecule has 3 rings (SSSR count). The Kier molecular flexibility index (Phi) is 7.12. The summed E-state index contributed by atoms with van der Waals surface area (Å²) >= 11 is 0. The molecular weight excluding hydrogens is 417 g/mol. The summed E-state index contributed by atoms with van der Waals surface area (Å²) < 4.78 is 24.4. The van der Waals surface area contributed by atoms with E-state index in [1.165, 1.54) is 44.5 Å². The van der Waals surface area contributed by atoms with Crippen molar-refractivity contribution in [1.82, 2.24) is 4.98 Å². The molecule has 0 saturated carbocycles. The lowest BCUT2D eigenvalue weighted by Crippen LogP contribution is -2.22. The fourth-order valence-corrected chi connectivity index (χ4v) is 2.75. The van der Waals surface area contributed by atoms with E-state index < -0.39 is 24.2 Å². The lowest BCUT2D eigenvalue weighted by Gasteiger charge is -2.14. The standard InChI is InChI=1S/C23H20FN3O5/c1-14(28)15-6-9-20(21(11-15)31-2)32-13-22(29)26-19-12-16(24)7-8-17(19)27-23(30)18-5-3-4-10-25-18/h3-12H,13H2,1-2H3,(H,26,29)(H,27,30). The number of nitrogens with one attached hydrogen (secondary N) is 2. The number of pyridine rings is 1. The molecule has 164 valence electrons. The van der Waals surface area contributed by atoms with Crippen LogP contribution in [0.1, 0.15) is 27.8 Å². The van der Waals surface area contributed by atoms with Crippen LogP contribution in [0.2, 0.25) is 0 Å². The number of aromatic nitrogens is 1. The van der Waals surface area contributed by atoms with Gasteiger partial charge in [0.1, 0.15) is 11.5 Å². The van der Waals surface area contributed by atoms with Crippen molar-refractivity contribution in [2.24, 2.45) is 0 Å². The van der Waals surface area contributed by atoms with E-state index >= 15 is 0 Å². The number of methoxy groups -OCH3 is 1. The second-order valence-corrected chi connectivity index (χ2v) is 6.62. The van der Waals surface area contributed by atoms with Crippen molar-refractivity contribution in [3.8, 4) is 11.5 Å². The number of hydrogen-bond acceptors (Lipinski definition) is 6. The first kappa shape index (κ1) is 22.4. The van der Waals surface area contributed by atoms with Gasteiger partial charge in [0.05, 0.1) is 18.5 Å². The molecule has 1 aromatic heterocycles. The second-order valence-electron chi connectivity index (χ2n) is 6.62. The largest absolute Gasteiger partial charge is 0.493 e. The Morgan fingerprint density at radius 3 is 2.47 bits per heavy atom. The van der Waals surface area contributed by atoms with Gasteiger partial charge in [-0.05, 0) is 55.5 Å². The smallest absolute Gasteiger partial charge is 0.274 e. The van der Waals surface area contributed by atoms with Gasteiger partial charge in [-0.25, -0.2) is 4.39 Å². The number of rotatable bonds is 8. The number of anilines is 2. The molecule has 32 heavy (non-hydrogen) atoms. The van der Waals surface area contributed by atoms with E-state index in [4.69, 9.17) is 9.47 Å².